The second kappa shape index (κ2) is 7.03. The summed E-state index contributed by atoms with van der Waals surface area (Å²) in [6, 6.07) is 7.98. The first kappa shape index (κ1) is 15.4. The summed E-state index contributed by atoms with van der Waals surface area (Å²) in [6.45, 7) is 9.50. The van der Waals surface area contributed by atoms with Gasteiger partial charge < -0.3 is 0 Å². The predicted octanol–water partition coefficient (Wildman–Crippen LogP) is 3.84. The Balaban J connectivity index is 0.000000861. The van der Waals surface area contributed by atoms with Crippen LogP contribution >= 0.6 is 0 Å². The van der Waals surface area contributed by atoms with E-state index in [1.807, 2.05) is 45.0 Å². The van der Waals surface area contributed by atoms with Gasteiger partial charge in [0.15, 0.2) is 5.78 Å². The standard InChI is InChI=1S/C15H16O2.C2H6/c1-3-14(16)12-8-13(15(17)9-12)11-6-4-10(2)5-7-11;1-2/h3-7,12-13H,1,8-9H2,2H3;1-2H3/t12-,13?;/m1./s1. The van der Waals surface area contributed by atoms with Crippen LogP contribution < -0.4 is 0 Å². The number of aryl methyl sites for hydroxylation is 1. The SMILES string of the molecule is C=CC(=O)[C@H]1CC(=O)C(c2ccc(C)cc2)C1.CC. The fraction of sp³-hybridized carbons (Fsp3) is 0.412. The van der Waals surface area contributed by atoms with E-state index < -0.39 is 0 Å². The Kier molecular flexibility index (Phi) is 5.68. The van der Waals surface area contributed by atoms with Gasteiger partial charge in [-0.05, 0) is 25.0 Å². The Morgan fingerprint density at radius 1 is 1.26 bits per heavy atom. The number of carbonyl (C=O) groups is 2. The Bertz CT molecular complexity index is 457. The first-order chi connectivity index (χ1) is 9.11. The van der Waals surface area contributed by atoms with Crippen LogP contribution in [-0.2, 0) is 9.59 Å². The Labute approximate surface area is 115 Å². The molecule has 2 atom stereocenters. The van der Waals surface area contributed by atoms with Crippen LogP contribution in [0.2, 0.25) is 0 Å². The van der Waals surface area contributed by atoms with Crippen molar-refractivity contribution < 1.29 is 9.59 Å². The van der Waals surface area contributed by atoms with Crippen LogP contribution in [0.4, 0.5) is 0 Å². The molecule has 2 rings (SSSR count). The molecule has 1 aliphatic rings. The summed E-state index contributed by atoms with van der Waals surface area (Å²) in [5, 5.41) is 0. The quantitative estimate of drug-likeness (QED) is 0.772. The molecular weight excluding hydrogens is 236 g/mol. The highest BCUT2D eigenvalue weighted by Gasteiger charge is 2.36. The zero-order chi connectivity index (χ0) is 14.4. The lowest BCUT2D eigenvalue weighted by molar-refractivity contribution is -0.122. The van der Waals surface area contributed by atoms with E-state index in [1.165, 1.54) is 11.6 Å². The summed E-state index contributed by atoms with van der Waals surface area (Å²) < 4.78 is 0. The van der Waals surface area contributed by atoms with Gasteiger partial charge in [0.25, 0.3) is 0 Å². The normalized spacial score (nSPS) is 21.5. The summed E-state index contributed by atoms with van der Waals surface area (Å²) in [5.41, 5.74) is 2.21. The molecule has 1 unspecified atom stereocenters. The topological polar surface area (TPSA) is 34.1 Å². The molecule has 1 aliphatic carbocycles. The van der Waals surface area contributed by atoms with Gasteiger partial charge in [0.1, 0.15) is 5.78 Å². The third-order valence-electron chi connectivity index (χ3n) is 3.44. The van der Waals surface area contributed by atoms with Crippen molar-refractivity contribution in [2.45, 2.75) is 39.5 Å². The number of benzene rings is 1. The minimum Gasteiger partial charge on any atom is -0.299 e. The molecule has 0 bridgehead atoms. The summed E-state index contributed by atoms with van der Waals surface area (Å²) in [5.74, 6) is -0.0992. The van der Waals surface area contributed by atoms with Gasteiger partial charge in [0.05, 0.1) is 0 Å². The zero-order valence-electron chi connectivity index (χ0n) is 12.0. The first-order valence-corrected chi connectivity index (χ1v) is 6.87. The van der Waals surface area contributed by atoms with Crippen LogP contribution in [-0.4, -0.2) is 11.6 Å². The second-order valence-corrected chi connectivity index (χ2v) is 4.67. The van der Waals surface area contributed by atoms with Gasteiger partial charge in [0, 0.05) is 18.3 Å². The number of Topliss-reactive ketones (excluding diaryl/α,β-unsaturated/α-hetero) is 1. The Hall–Kier alpha value is -1.70. The fourth-order valence-corrected chi connectivity index (χ4v) is 2.39. The number of hydrogen-bond donors (Lipinski definition) is 0. The maximum atomic E-state index is 11.9. The molecule has 0 heterocycles. The molecule has 19 heavy (non-hydrogen) atoms. The van der Waals surface area contributed by atoms with Crippen molar-refractivity contribution in [2.75, 3.05) is 0 Å². The van der Waals surface area contributed by atoms with Crippen molar-refractivity contribution in [1.29, 1.82) is 0 Å². The largest absolute Gasteiger partial charge is 0.299 e. The van der Waals surface area contributed by atoms with Crippen LogP contribution in [0, 0.1) is 12.8 Å². The highest BCUT2D eigenvalue weighted by atomic mass is 16.1. The van der Waals surface area contributed by atoms with Crippen molar-refractivity contribution in [2.24, 2.45) is 5.92 Å². The van der Waals surface area contributed by atoms with E-state index in [-0.39, 0.29) is 23.4 Å². The minimum atomic E-state index is -0.161. The van der Waals surface area contributed by atoms with Gasteiger partial charge in [-0.3, -0.25) is 9.59 Å². The Morgan fingerprint density at radius 3 is 2.37 bits per heavy atom. The molecule has 0 aromatic heterocycles. The lowest BCUT2D eigenvalue weighted by Crippen LogP contribution is -2.07. The lowest BCUT2D eigenvalue weighted by atomic mass is 9.94. The van der Waals surface area contributed by atoms with Crippen LogP contribution in [0.5, 0.6) is 0 Å². The highest BCUT2D eigenvalue weighted by Crippen LogP contribution is 2.36. The average molecular weight is 258 g/mol. The highest BCUT2D eigenvalue weighted by molar-refractivity contribution is 5.99. The van der Waals surface area contributed by atoms with Crippen molar-refractivity contribution in [1.82, 2.24) is 0 Å². The summed E-state index contributed by atoms with van der Waals surface area (Å²) in [6.07, 6.45) is 2.33. The van der Waals surface area contributed by atoms with Crippen LogP contribution in [0.25, 0.3) is 0 Å². The monoisotopic (exact) mass is 258 g/mol. The molecule has 2 heteroatoms. The van der Waals surface area contributed by atoms with E-state index in [0.29, 0.717) is 12.8 Å². The molecule has 0 radical (unpaired) electrons. The average Bonchev–Trinajstić information content (AvgIpc) is 2.83. The zero-order valence-corrected chi connectivity index (χ0v) is 12.0. The van der Waals surface area contributed by atoms with Gasteiger partial charge in [0.2, 0.25) is 0 Å². The Morgan fingerprint density at radius 2 is 1.84 bits per heavy atom. The number of ketones is 2. The van der Waals surface area contributed by atoms with Crippen LogP contribution in [0.15, 0.2) is 36.9 Å². The smallest absolute Gasteiger partial charge is 0.158 e. The minimum absolute atomic E-state index is 0.00652. The number of hydrogen-bond acceptors (Lipinski definition) is 2. The summed E-state index contributed by atoms with van der Waals surface area (Å²) in [7, 11) is 0. The molecule has 2 nitrogen and oxygen atoms in total. The van der Waals surface area contributed by atoms with Gasteiger partial charge in [-0.25, -0.2) is 0 Å². The maximum Gasteiger partial charge on any atom is 0.158 e. The third-order valence-corrected chi connectivity index (χ3v) is 3.44. The number of allylic oxidation sites excluding steroid dienone is 1. The van der Waals surface area contributed by atoms with E-state index in [0.717, 1.165) is 5.56 Å². The molecule has 0 aliphatic heterocycles. The fourth-order valence-electron chi connectivity index (χ4n) is 2.39. The summed E-state index contributed by atoms with van der Waals surface area (Å²) >= 11 is 0. The molecule has 0 amide bonds. The van der Waals surface area contributed by atoms with E-state index in [2.05, 4.69) is 6.58 Å². The third kappa shape index (κ3) is 3.63. The molecule has 0 saturated heterocycles. The van der Waals surface area contributed by atoms with E-state index in [4.69, 9.17) is 0 Å². The van der Waals surface area contributed by atoms with Crippen molar-refractivity contribution in [3.05, 3.63) is 48.0 Å². The van der Waals surface area contributed by atoms with Crippen molar-refractivity contribution in [3.8, 4) is 0 Å². The van der Waals surface area contributed by atoms with Gasteiger partial charge >= 0.3 is 0 Å². The predicted molar refractivity (Wildman–Crippen MR) is 78.2 cm³/mol. The lowest BCUT2D eigenvalue weighted by Gasteiger charge is -2.09. The molecule has 1 aromatic carbocycles. The van der Waals surface area contributed by atoms with E-state index >= 15 is 0 Å². The molecule has 1 aromatic rings. The van der Waals surface area contributed by atoms with Crippen molar-refractivity contribution >= 4 is 11.6 Å². The van der Waals surface area contributed by atoms with E-state index in [9.17, 15) is 9.59 Å². The number of carbonyl (C=O) groups excluding carboxylic acids is 2. The maximum absolute atomic E-state index is 11.9. The molecular formula is C17H22O2. The second-order valence-electron chi connectivity index (χ2n) is 4.67. The first-order valence-electron chi connectivity index (χ1n) is 6.87. The molecule has 1 saturated carbocycles. The molecule has 0 N–H and O–H groups in total. The summed E-state index contributed by atoms with van der Waals surface area (Å²) in [4.78, 5) is 23.4. The van der Waals surface area contributed by atoms with Gasteiger partial charge in [-0.2, -0.15) is 0 Å². The van der Waals surface area contributed by atoms with Crippen molar-refractivity contribution in [3.63, 3.8) is 0 Å². The van der Waals surface area contributed by atoms with Crippen LogP contribution in [0.3, 0.4) is 0 Å². The van der Waals surface area contributed by atoms with E-state index in [1.54, 1.807) is 0 Å². The van der Waals surface area contributed by atoms with Crippen LogP contribution in [0.1, 0.15) is 43.7 Å². The number of rotatable bonds is 3. The molecule has 1 fully saturated rings. The molecule has 102 valence electrons. The van der Waals surface area contributed by atoms with Gasteiger partial charge in [-0.15, -0.1) is 0 Å². The molecule has 0 spiro atoms. The van der Waals surface area contributed by atoms with Gasteiger partial charge in [-0.1, -0.05) is 50.3 Å².